The van der Waals surface area contributed by atoms with Crippen LogP contribution in [0.25, 0.3) is 0 Å². The van der Waals surface area contributed by atoms with Crippen LogP contribution in [-0.2, 0) is 0 Å². The van der Waals surface area contributed by atoms with Gasteiger partial charge in [-0.3, -0.25) is 0 Å². The summed E-state index contributed by atoms with van der Waals surface area (Å²) in [5, 5.41) is 3.80. The van der Waals surface area contributed by atoms with Crippen LogP contribution in [0.4, 0.5) is 0 Å². The van der Waals surface area contributed by atoms with Gasteiger partial charge in [0, 0.05) is 18.6 Å². The topological polar surface area (TPSA) is 18.5 Å². The van der Waals surface area contributed by atoms with Gasteiger partial charge in [0.2, 0.25) is 0 Å². The van der Waals surface area contributed by atoms with Crippen molar-refractivity contribution >= 4 is 0 Å². The minimum Gasteiger partial charge on any atom is -0.312 e. The van der Waals surface area contributed by atoms with E-state index in [-0.39, 0.29) is 0 Å². The molecule has 0 aromatic carbocycles. The monoisotopic (exact) mass is 281 g/mol. The third-order valence-electron chi connectivity index (χ3n) is 5.34. The first kappa shape index (κ1) is 16.3. The fourth-order valence-corrected chi connectivity index (χ4v) is 3.99. The minimum absolute atomic E-state index is 0.736. The number of hydrogen-bond donors (Lipinski definition) is 1. The van der Waals surface area contributed by atoms with E-state index in [1.807, 2.05) is 0 Å². The Kier molecular flexibility index (Phi) is 6.79. The van der Waals surface area contributed by atoms with Gasteiger partial charge in [0.25, 0.3) is 0 Å². The molecule has 1 aliphatic heterocycles. The highest BCUT2D eigenvalue weighted by atomic mass is 15.2. The van der Waals surface area contributed by atoms with Crippen molar-refractivity contribution in [1.29, 1.82) is 0 Å². The molecule has 2 rings (SSSR count). The van der Waals surface area contributed by atoms with Gasteiger partial charge < -0.3 is 15.1 Å². The molecule has 1 N–H and O–H groups in total. The smallest absolute Gasteiger partial charge is 0.0246 e. The zero-order valence-electron chi connectivity index (χ0n) is 13.9. The molecule has 0 aromatic heterocycles. The van der Waals surface area contributed by atoms with E-state index in [9.17, 15) is 0 Å². The van der Waals surface area contributed by atoms with Gasteiger partial charge in [-0.25, -0.2) is 0 Å². The number of likely N-dealkylation sites (tertiary alicyclic amines) is 1. The maximum absolute atomic E-state index is 3.80. The van der Waals surface area contributed by atoms with Crippen LogP contribution in [0.15, 0.2) is 0 Å². The average Bonchev–Trinajstić information content (AvgIpc) is 2.47. The second kappa shape index (κ2) is 8.35. The van der Waals surface area contributed by atoms with Crippen LogP contribution in [0.1, 0.15) is 51.9 Å². The van der Waals surface area contributed by atoms with E-state index in [1.165, 1.54) is 71.1 Å². The predicted octanol–water partition coefficient (Wildman–Crippen LogP) is 2.57. The van der Waals surface area contributed by atoms with Gasteiger partial charge in [0.15, 0.2) is 0 Å². The second-order valence-electron chi connectivity index (χ2n) is 7.10. The molecular weight excluding hydrogens is 246 g/mol. The molecule has 20 heavy (non-hydrogen) atoms. The van der Waals surface area contributed by atoms with Crippen molar-refractivity contribution in [2.75, 3.05) is 40.3 Å². The predicted molar refractivity (Wildman–Crippen MR) is 87.2 cm³/mol. The Morgan fingerprint density at radius 3 is 2.50 bits per heavy atom. The summed E-state index contributed by atoms with van der Waals surface area (Å²) in [5.41, 5.74) is 0. The first-order valence-corrected chi connectivity index (χ1v) is 8.83. The molecule has 2 atom stereocenters. The van der Waals surface area contributed by atoms with Gasteiger partial charge in [-0.15, -0.1) is 0 Å². The van der Waals surface area contributed by atoms with Gasteiger partial charge >= 0.3 is 0 Å². The number of likely N-dealkylation sites (N-methyl/N-ethyl adjacent to an activating group) is 1. The molecule has 118 valence electrons. The van der Waals surface area contributed by atoms with Crippen molar-refractivity contribution in [2.24, 2.45) is 5.92 Å². The molecule has 1 aliphatic carbocycles. The second-order valence-corrected chi connectivity index (χ2v) is 7.10. The fourth-order valence-electron chi connectivity index (χ4n) is 3.99. The van der Waals surface area contributed by atoms with Crippen molar-refractivity contribution < 1.29 is 0 Å². The van der Waals surface area contributed by atoms with E-state index in [2.05, 4.69) is 36.1 Å². The number of piperidine rings is 1. The van der Waals surface area contributed by atoms with Crippen LogP contribution in [0.2, 0.25) is 0 Å². The summed E-state index contributed by atoms with van der Waals surface area (Å²) in [6.07, 6.45) is 9.64. The molecule has 2 fully saturated rings. The van der Waals surface area contributed by atoms with E-state index in [0.29, 0.717) is 0 Å². The molecule has 0 bridgehead atoms. The fraction of sp³-hybridized carbons (Fsp3) is 1.00. The van der Waals surface area contributed by atoms with Gasteiger partial charge in [0.1, 0.15) is 0 Å². The summed E-state index contributed by atoms with van der Waals surface area (Å²) < 4.78 is 0. The Morgan fingerprint density at radius 1 is 1.10 bits per heavy atom. The lowest BCUT2D eigenvalue weighted by atomic mass is 9.88. The Morgan fingerprint density at radius 2 is 1.80 bits per heavy atom. The molecule has 1 saturated carbocycles. The van der Waals surface area contributed by atoms with Gasteiger partial charge in [0.05, 0.1) is 0 Å². The SMILES string of the molecule is CCCNC1CCCCC1N(C)CC1CCN(C)CC1. The van der Waals surface area contributed by atoms with E-state index < -0.39 is 0 Å². The molecule has 3 nitrogen and oxygen atoms in total. The Hall–Kier alpha value is -0.120. The molecule has 0 amide bonds. The maximum Gasteiger partial charge on any atom is 0.0246 e. The highest BCUT2D eigenvalue weighted by Gasteiger charge is 2.29. The van der Waals surface area contributed by atoms with Crippen molar-refractivity contribution in [3.63, 3.8) is 0 Å². The molecule has 1 saturated heterocycles. The summed E-state index contributed by atoms with van der Waals surface area (Å²) in [6, 6.07) is 1.51. The molecule has 2 unspecified atom stereocenters. The third kappa shape index (κ3) is 4.71. The zero-order chi connectivity index (χ0) is 14.4. The number of nitrogens with zero attached hydrogens (tertiary/aromatic N) is 2. The van der Waals surface area contributed by atoms with Gasteiger partial charge in [-0.2, -0.15) is 0 Å². The molecule has 1 heterocycles. The normalized spacial score (nSPS) is 30.0. The number of nitrogens with one attached hydrogen (secondary N) is 1. The zero-order valence-corrected chi connectivity index (χ0v) is 13.9. The standard InChI is InChI=1S/C17H35N3/c1-4-11-18-16-7-5-6-8-17(16)20(3)14-15-9-12-19(2)13-10-15/h15-18H,4-14H2,1-3H3. The van der Waals surface area contributed by atoms with Crippen LogP contribution >= 0.6 is 0 Å². The largest absolute Gasteiger partial charge is 0.312 e. The number of rotatable bonds is 6. The summed E-state index contributed by atoms with van der Waals surface area (Å²) in [4.78, 5) is 5.16. The van der Waals surface area contributed by atoms with Crippen molar-refractivity contribution in [3.8, 4) is 0 Å². The lowest BCUT2D eigenvalue weighted by Gasteiger charge is -2.41. The molecule has 0 spiro atoms. The Labute approximate surface area is 126 Å². The quantitative estimate of drug-likeness (QED) is 0.807. The lowest BCUT2D eigenvalue weighted by Crippen LogP contribution is -2.52. The van der Waals surface area contributed by atoms with Crippen LogP contribution in [0.3, 0.4) is 0 Å². The summed E-state index contributed by atoms with van der Waals surface area (Å²) in [6.45, 7) is 7.35. The highest BCUT2D eigenvalue weighted by Crippen LogP contribution is 2.25. The average molecular weight is 281 g/mol. The molecule has 3 heteroatoms. The highest BCUT2D eigenvalue weighted by molar-refractivity contribution is 4.88. The van der Waals surface area contributed by atoms with Crippen LogP contribution in [0, 0.1) is 5.92 Å². The molecule has 0 radical (unpaired) electrons. The number of hydrogen-bond acceptors (Lipinski definition) is 3. The van der Waals surface area contributed by atoms with E-state index in [1.54, 1.807) is 0 Å². The van der Waals surface area contributed by atoms with Crippen molar-refractivity contribution in [1.82, 2.24) is 15.1 Å². The summed E-state index contributed by atoms with van der Waals surface area (Å²) in [5.74, 6) is 0.921. The van der Waals surface area contributed by atoms with Crippen LogP contribution < -0.4 is 5.32 Å². The first-order valence-electron chi connectivity index (χ1n) is 8.83. The van der Waals surface area contributed by atoms with Crippen LogP contribution in [0.5, 0.6) is 0 Å². The van der Waals surface area contributed by atoms with Crippen molar-refractivity contribution in [2.45, 2.75) is 64.0 Å². The molecule has 0 aromatic rings. The Bertz CT molecular complexity index is 261. The van der Waals surface area contributed by atoms with Crippen LogP contribution in [-0.4, -0.2) is 62.2 Å². The summed E-state index contributed by atoms with van der Waals surface area (Å²) in [7, 11) is 4.63. The molecule has 2 aliphatic rings. The lowest BCUT2D eigenvalue weighted by molar-refractivity contribution is 0.108. The van der Waals surface area contributed by atoms with Gasteiger partial charge in [-0.05, 0) is 71.8 Å². The minimum atomic E-state index is 0.736. The van der Waals surface area contributed by atoms with E-state index in [0.717, 1.165) is 18.0 Å². The van der Waals surface area contributed by atoms with Gasteiger partial charge in [-0.1, -0.05) is 19.8 Å². The first-order chi connectivity index (χ1) is 9.70. The Balaban J connectivity index is 1.80. The maximum atomic E-state index is 3.80. The van der Waals surface area contributed by atoms with Crippen molar-refractivity contribution in [3.05, 3.63) is 0 Å². The third-order valence-corrected chi connectivity index (χ3v) is 5.34. The summed E-state index contributed by atoms with van der Waals surface area (Å²) >= 11 is 0. The van der Waals surface area contributed by atoms with E-state index in [4.69, 9.17) is 0 Å². The molecular formula is C17H35N3. The van der Waals surface area contributed by atoms with E-state index >= 15 is 0 Å².